The predicted molar refractivity (Wildman–Crippen MR) is 112 cm³/mol. The number of para-hydroxylation sites is 1. The SMILES string of the molecule is CCCC(=O)N1c2ccccc2-c2nnc(SC)nc2O[C@@H]1c1cccc(C)n1. The Labute approximate surface area is 173 Å². The van der Waals surface area contributed by atoms with E-state index in [2.05, 4.69) is 20.2 Å². The minimum atomic E-state index is -0.747. The van der Waals surface area contributed by atoms with Crippen molar-refractivity contribution in [3.8, 4) is 17.1 Å². The van der Waals surface area contributed by atoms with Crippen molar-refractivity contribution in [2.24, 2.45) is 0 Å². The Morgan fingerprint density at radius 3 is 2.72 bits per heavy atom. The number of aryl methyl sites for hydroxylation is 1. The van der Waals surface area contributed by atoms with Gasteiger partial charge in [0.15, 0.2) is 5.69 Å². The number of pyridine rings is 1. The molecule has 0 unspecified atom stereocenters. The lowest BCUT2D eigenvalue weighted by molar-refractivity contribution is -0.120. The molecule has 148 valence electrons. The number of hydrogen-bond acceptors (Lipinski definition) is 7. The summed E-state index contributed by atoms with van der Waals surface area (Å²) < 4.78 is 6.32. The highest BCUT2D eigenvalue weighted by molar-refractivity contribution is 7.98. The molecule has 0 aliphatic carbocycles. The summed E-state index contributed by atoms with van der Waals surface area (Å²) in [5.74, 6) is 0.302. The summed E-state index contributed by atoms with van der Waals surface area (Å²) in [6.45, 7) is 3.89. The van der Waals surface area contributed by atoms with Gasteiger partial charge in [-0.25, -0.2) is 0 Å². The average molecular weight is 407 g/mol. The van der Waals surface area contributed by atoms with Crippen LogP contribution in [0.3, 0.4) is 0 Å². The van der Waals surface area contributed by atoms with Crippen LogP contribution in [0.25, 0.3) is 11.3 Å². The second kappa shape index (κ2) is 8.16. The van der Waals surface area contributed by atoms with Crippen LogP contribution in [0.2, 0.25) is 0 Å². The van der Waals surface area contributed by atoms with Gasteiger partial charge in [-0.15, -0.1) is 10.2 Å². The smallest absolute Gasteiger partial charge is 0.247 e. The average Bonchev–Trinajstić information content (AvgIpc) is 2.88. The maximum atomic E-state index is 13.2. The largest absolute Gasteiger partial charge is 0.445 e. The molecular formula is C21H21N5O2S. The molecule has 1 aromatic carbocycles. The van der Waals surface area contributed by atoms with Crippen molar-refractivity contribution < 1.29 is 9.53 Å². The van der Waals surface area contributed by atoms with E-state index in [9.17, 15) is 4.79 Å². The molecule has 1 aliphatic heterocycles. The third kappa shape index (κ3) is 3.67. The van der Waals surface area contributed by atoms with E-state index < -0.39 is 6.23 Å². The summed E-state index contributed by atoms with van der Waals surface area (Å²) in [7, 11) is 0. The van der Waals surface area contributed by atoms with Crippen molar-refractivity contribution in [1.29, 1.82) is 0 Å². The zero-order valence-electron chi connectivity index (χ0n) is 16.5. The number of thioether (sulfide) groups is 1. The molecule has 0 N–H and O–H groups in total. The molecule has 1 atom stereocenters. The molecule has 3 heterocycles. The summed E-state index contributed by atoms with van der Waals surface area (Å²) in [4.78, 5) is 24.0. The molecule has 0 fully saturated rings. The second-order valence-corrected chi connectivity index (χ2v) is 7.43. The number of benzene rings is 1. The number of aromatic nitrogens is 4. The first-order chi connectivity index (χ1) is 14.1. The van der Waals surface area contributed by atoms with Gasteiger partial charge in [-0.3, -0.25) is 14.7 Å². The number of fused-ring (bicyclic) bond motifs is 3. The van der Waals surface area contributed by atoms with Gasteiger partial charge in [0.1, 0.15) is 5.69 Å². The van der Waals surface area contributed by atoms with E-state index in [0.29, 0.717) is 34.5 Å². The first kappa shape index (κ1) is 19.3. The molecule has 4 rings (SSSR count). The lowest BCUT2D eigenvalue weighted by atomic mass is 10.1. The van der Waals surface area contributed by atoms with Crippen LogP contribution < -0.4 is 9.64 Å². The van der Waals surface area contributed by atoms with E-state index in [-0.39, 0.29) is 5.91 Å². The number of hydrogen-bond donors (Lipinski definition) is 0. The van der Waals surface area contributed by atoms with Crippen LogP contribution in [-0.2, 0) is 4.79 Å². The summed E-state index contributed by atoms with van der Waals surface area (Å²) >= 11 is 1.38. The molecule has 0 spiro atoms. The van der Waals surface area contributed by atoms with Crippen LogP contribution in [0, 0.1) is 6.92 Å². The van der Waals surface area contributed by atoms with Crippen molar-refractivity contribution >= 4 is 23.4 Å². The molecule has 1 amide bonds. The maximum Gasteiger partial charge on any atom is 0.247 e. The fourth-order valence-electron chi connectivity index (χ4n) is 3.30. The van der Waals surface area contributed by atoms with Crippen LogP contribution in [0.15, 0.2) is 47.6 Å². The summed E-state index contributed by atoms with van der Waals surface area (Å²) in [6, 6.07) is 13.3. The van der Waals surface area contributed by atoms with E-state index in [1.807, 2.05) is 62.6 Å². The van der Waals surface area contributed by atoms with Crippen molar-refractivity contribution in [3.63, 3.8) is 0 Å². The first-order valence-corrected chi connectivity index (χ1v) is 10.6. The molecule has 0 bridgehead atoms. The minimum Gasteiger partial charge on any atom is -0.445 e. The van der Waals surface area contributed by atoms with E-state index in [1.54, 1.807) is 4.90 Å². The van der Waals surface area contributed by atoms with Gasteiger partial charge in [0.2, 0.25) is 23.2 Å². The molecule has 1 aliphatic rings. The van der Waals surface area contributed by atoms with Crippen molar-refractivity contribution in [3.05, 3.63) is 53.9 Å². The minimum absolute atomic E-state index is 0.0425. The van der Waals surface area contributed by atoms with Gasteiger partial charge < -0.3 is 4.74 Å². The molecule has 0 radical (unpaired) electrons. The summed E-state index contributed by atoms with van der Waals surface area (Å²) in [5, 5.41) is 9.04. The Morgan fingerprint density at radius 2 is 1.97 bits per heavy atom. The van der Waals surface area contributed by atoms with Gasteiger partial charge in [0, 0.05) is 17.7 Å². The molecule has 0 saturated heterocycles. The number of carbonyl (C=O) groups excluding carboxylic acids is 1. The fourth-order valence-corrected chi connectivity index (χ4v) is 3.59. The normalized spacial score (nSPS) is 15.1. The van der Waals surface area contributed by atoms with Crippen LogP contribution in [0.5, 0.6) is 5.88 Å². The van der Waals surface area contributed by atoms with E-state index in [0.717, 1.165) is 17.7 Å². The Morgan fingerprint density at radius 1 is 1.14 bits per heavy atom. The fraction of sp³-hybridized carbons (Fsp3) is 0.286. The van der Waals surface area contributed by atoms with Gasteiger partial charge in [-0.05, 0) is 37.8 Å². The van der Waals surface area contributed by atoms with Crippen molar-refractivity contribution in [1.82, 2.24) is 20.2 Å². The molecular weight excluding hydrogens is 386 g/mol. The highest BCUT2D eigenvalue weighted by Gasteiger charge is 2.36. The Balaban J connectivity index is 1.96. The van der Waals surface area contributed by atoms with Crippen molar-refractivity contribution in [2.75, 3.05) is 11.2 Å². The third-order valence-corrected chi connectivity index (χ3v) is 5.13. The molecule has 2 aromatic heterocycles. The highest BCUT2D eigenvalue weighted by atomic mass is 32.2. The lowest BCUT2D eigenvalue weighted by Crippen LogP contribution is -2.38. The molecule has 7 nitrogen and oxygen atoms in total. The maximum absolute atomic E-state index is 13.2. The van der Waals surface area contributed by atoms with Gasteiger partial charge in [0.25, 0.3) is 0 Å². The van der Waals surface area contributed by atoms with E-state index >= 15 is 0 Å². The Kier molecular flexibility index (Phi) is 5.44. The first-order valence-electron chi connectivity index (χ1n) is 9.42. The third-order valence-electron chi connectivity index (χ3n) is 4.59. The summed E-state index contributed by atoms with van der Waals surface area (Å²) in [5.41, 5.74) is 3.47. The van der Waals surface area contributed by atoms with Gasteiger partial charge in [-0.1, -0.05) is 43.0 Å². The van der Waals surface area contributed by atoms with Crippen LogP contribution in [0.4, 0.5) is 5.69 Å². The number of rotatable bonds is 4. The van der Waals surface area contributed by atoms with Crippen LogP contribution in [0.1, 0.15) is 37.4 Å². The van der Waals surface area contributed by atoms with Crippen LogP contribution in [-0.4, -0.2) is 32.3 Å². The number of nitrogens with zero attached hydrogens (tertiary/aromatic N) is 5. The highest BCUT2D eigenvalue weighted by Crippen LogP contribution is 2.43. The van der Waals surface area contributed by atoms with E-state index in [1.165, 1.54) is 11.8 Å². The van der Waals surface area contributed by atoms with Gasteiger partial charge >= 0.3 is 0 Å². The molecule has 8 heteroatoms. The number of anilines is 1. The molecule has 3 aromatic rings. The zero-order valence-corrected chi connectivity index (χ0v) is 17.3. The second-order valence-electron chi connectivity index (χ2n) is 6.66. The van der Waals surface area contributed by atoms with Gasteiger partial charge in [0.05, 0.1) is 5.69 Å². The standard InChI is InChI=1S/C21H21N5O2S/c1-4-8-17(27)26-16-12-6-5-10-14(16)18-19(23-21(29-3)25-24-18)28-20(26)15-11-7-9-13(2)22-15/h5-7,9-12,20H,4,8H2,1-3H3/t20-/m1/s1. The van der Waals surface area contributed by atoms with Crippen LogP contribution >= 0.6 is 11.8 Å². The monoisotopic (exact) mass is 407 g/mol. The Bertz CT molecular complexity index is 1060. The lowest BCUT2D eigenvalue weighted by Gasteiger charge is -2.30. The van der Waals surface area contributed by atoms with Gasteiger partial charge in [-0.2, -0.15) is 4.98 Å². The topological polar surface area (TPSA) is 81.1 Å². The number of ether oxygens (including phenoxy) is 1. The summed E-state index contributed by atoms with van der Waals surface area (Å²) in [6.07, 6.45) is 2.26. The van der Waals surface area contributed by atoms with Crippen molar-refractivity contribution in [2.45, 2.75) is 38.1 Å². The Hall–Kier alpha value is -3.00. The zero-order chi connectivity index (χ0) is 20.4. The molecule has 29 heavy (non-hydrogen) atoms. The van der Waals surface area contributed by atoms with E-state index in [4.69, 9.17) is 4.74 Å². The number of amides is 1. The quantitative estimate of drug-likeness (QED) is 0.600. The number of carbonyl (C=O) groups is 1. The predicted octanol–water partition coefficient (Wildman–Crippen LogP) is 4.19. The molecule has 0 saturated carbocycles.